The molecular formula is C19H20ClF3N2O4S. The van der Waals surface area contributed by atoms with Crippen LogP contribution in [0.3, 0.4) is 0 Å². The summed E-state index contributed by atoms with van der Waals surface area (Å²) < 4.78 is 70.6. The maximum Gasteiger partial charge on any atom is 0.418 e. The SMILES string of the molecule is CCN(CC)S(=O)(=O)c1ccc(OCC(=O)Nc2ccc(Cl)cc2C(F)(F)F)cc1. The first kappa shape index (κ1) is 24.0. The number of nitrogens with one attached hydrogen (secondary N) is 1. The lowest BCUT2D eigenvalue weighted by Crippen LogP contribution is -2.30. The Kier molecular flexibility index (Phi) is 7.73. The lowest BCUT2D eigenvalue weighted by atomic mass is 10.1. The highest BCUT2D eigenvalue weighted by Gasteiger charge is 2.34. The number of ether oxygens (including phenoxy) is 1. The van der Waals surface area contributed by atoms with Gasteiger partial charge in [0, 0.05) is 18.1 Å². The standard InChI is InChI=1S/C19H20ClF3N2O4S/c1-3-25(4-2)30(27,28)15-8-6-14(7-9-15)29-12-18(26)24-17-10-5-13(20)11-16(17)19(21,22)23/h5-11H,3-4,12H2,1-2H3,(H,24,26). The number of nitrogens with zero attached hydrogens (tertiary/aromatic N) is 1. The highest BCUT2D eigenvalue weighted by atomic mass is 35.5. The minimum Gasteiger partial charge on any atom is -0.484 e. The van der Waals surface area contributed by atoms with Crippen molar-refractivity contribution in [1.29, 1.82) is 0 Å². The molecule has 6 nitrogen and oxygen atoms in total. The van der Waals surface area contributed by atoms with Crippen LogP contribution in [0.1, 0.15) is 19.4 Å². The monoisotopic (exact) mass is 464 g/mol. The van der Waals surface area contributed by atoms with Gasteiger partial charge in [0.15, 0.2) is 6.61 Å². The van der Waals surface area contributed by atoms with Crippen LogP contribution in [0.2, 0.25) is 5.02 Å². The molecule has 2 rings (SSSR count). The van der Waals surface area contributed by atoms with Gasteiger partial charge in [0.05, 0.1) is 16.1 Å². The Hall–Kier alpha value is -2.30. The van der Waals surface area contributed by atoms with E-state index in [-0.39, 0.29) is 15.7 Å². The van der Waals surface area contributed by atoms with Gasteiger partial charge < -0.3 is 10.1 Å². The summed E-state index contributed by atoms with van der Waals surface area (Å²) in [5.74, 6) is -0.626. The van der Waals surface area contributed by atoms with Gasteiger partial charge in [-0.1, -0.05) is 25.4 Å². The topological polar surface area (TPSA) is 75.7 Å². The molecule has 0 aromatic heterocycles. The Bertz CT molecular complexity index is 992. The molecule has 0 saturated heterocycles. The number of hydrogen-bond donors (Lipinski definition) is 1. The van der Waals surface area contributed by atoms with E-state index in [1.165, 1.54) is 34.6 Å². The van der Waals surface area contributed by atoms with Crippen LogP contribution in [0.4, 0.5) is 18.9 Å². The summed E-state index contributed by atoms with van der Waals surface area (Å²) in [7, 11) is -3.63. The number of halogens is 4. The van der Waals surface area contributed by atoms with E-state index >= 15 is 0 Å². The van der Waals surface area contributed by atoms with Gasteiger partial charge in [-0.25, -0.2) is 8.42 Å². The second-order valence-corrected chi connectivity index (χ2v) is 8.46. The average Bonchev–Trinajstić information content (AvgIpc) is 2.68. The molecule has 0 atom stereocenters. The molecule has 164 valence electrons. The van der Waals surface area contributed by atoms with Crippen LogP contribution in [0.25, 0.3) is 0 Å². The first-order valence-electron chi connectivity index (χ1n) is 8.88. The van der Waals surface area contributed by atoms with Gasteiger partial charge in [0.2, 0.25) is 10.0 Å². The first-order valence-corrected chi connectivity index (χ1v) is 10.7. The van der Waals surface area contributed by atoms with Crippen LogP contribution in [-0.2, 0) is 21.0 Å². The minimum atomic E-state index is -4.69. The van der Waals surface area contributed by atoms with Crippen molar-refractivity contribution >= 4 is 33.2 Å². The van der Waals surface area contributed by atoms with Gasteiger partial charge in [-0.2, -0.15) is 17.5 Å². The summed E-state index contributed by atoms with van der Waals surface area (Å²) >= 11 is 5.60. The molecule has 0 unspecified atom stereocenters. The molecule has 11 heteroatoms. The average molecular weight is 465 g/mol. The zero-order valence-corrected chi connectivity index (χ0v) is 17.7. The molecule has 0 fully saturated rings. The number of sulfonamides is 1. The van der Waals surface area contributed by atoms with E-state index in [1.54, 1.807) is 13.8 Å². The Morgan fingerprint density at radius 2 is 1.70 bits per heavy atom. The van der Waals surface area contributed by atoms with E-state index in [2.05, 4.69) is 5.32 Å². The molecule has 0 radical (unpaired) electrons. The molecule has 30 heavy (non-hydrogen) atoms. The number of amides is 1. The van der Waals surface area contributed by atoms with Crippen LogP contribution in [0.5, 0.6) is 5.75 Å². The van der Waals surface area contributed by atoms with Gasteiger partial charge in [-0.05, 0) is 42.5 Å². The van der Waals surface area contributed by atoms with Crippen LogP contribution in [-0.4, -0.2) is 38.3 Å². The number of benzene rings is 2. The zero-order valence-electron chi connectivity index (χ0n) is 16.2. The number of alkyl halides is 3. The van der Waals surface area contributed by atoms with Crippen LogP contribution >= 0.6 is 11.6 Å². The molecule has 2 aromatic rings. The maximum absolute atomic E-state index is 13.1. The van der Waals surface area contributed by atoms with E-state index in [0.29, 0.717) is 19.2 Å². The summed E-state index contributed by atoms with van der Waals surface area (Å²) in [4.78, 5) is 12.1. The molecular weight excluding hydrogens is 445 g/mol. The van der Waals surface area contributed by atoms with Crippen molar-refractivity contribution < 1.29 is 31.1 Å². The third kappa shape index (κ3) is 5.87. The van der Waals surface area contributed by atoms with Crippen molar-refractivity contribution in [2.24, 2.45) is 0 Å². The van der Waals surface area contributed by atoms with Gasteiger partial charge >= 0.3 is 6.18 Å². The summed E-state index contributed by atoms with van der Waals surface area (Å²) in [6, 6.07) is 8.40. The van der Waals surface area contributed by atoms with Crippen molar-refractivity contribution in [2.45, 2.75) is 24.9 Å². The quantitative estimate of drug-likeness (QED) is 0.628. The van der Waals surface area contributed by atoms with E-state index in [9.17, 15) is 26.4 Å². The normalized spacial score (nSPS) is 12.1. The largest absolute Gasteiger partial charge is 0.484 e. The predicted molar refractivity (Wildman–Crippen MR) is 107 cm³/mol. The van der Waals surface area contributed by atoms with E-state index in [0.717, 1.165) is 6.07 Å². The van der Waals surface area contributed by atoms with Gasteiger partial charge in [-0.3, -0.25) is 4.79 Å². The third-order valence-electron chi connectivity index (χ3n) is 4.10. The molecule has 1 N–H and O–H groups in total. The zero-order chi connectivity index (χ0) is 22.5. The lowest BCUT2D eigenvalue weighted by Gasteiger charge is -2.18. The number of carbonyl (C=O) groups excluding carboxylic acids is 1. The number of carbonyl (C=O) groups is 1. The predicted octanol–water partition coefficient (Wildman–Crippen LogP) is 4.41. The number of hydrogen-bond acceptors (Lipinski definition) is 4. The fourth-order valence-corrected chi connectivity index (χ4v) is 4.25. The lowest BCUT2D eigenvalue weighted by molar-refractivity contribution is -0.137. The molecule has 0 saturated carbocycles. The van der Waals surface area contributed by atoms with Gasteiger partial charge in [0.1, 0.15) is 5.75 Å². The molecule has 0 aliphatic heterocycles. The van der Waals surface area contributed by atoms with Crippen molar-refractivity contribution in [2.75, 3.05) is 25.0 Å². The third-order valence-corrected chi connectivity index (χ3v) is 6.40. The van der Waals surface area contributed by atoms with E-state index in [1.807, 2.05) is 0 Å². The van der Waals surface area contributed by atoms with Crippen molar-refractivity contribution in [3.8, 4) is 5.75 Å². The van der Waals surface area contributed by atoms with Crippen LogP contribution in [0, 0.1) is 0 Å². The number of rotatable bonds is 8. The molecule has 0 aliphatic rings. The molecule has 0 aliphatic carbocycles. The highest BCUT2D eigenvalue weighted by molar-refractivity contribution is 7.89. The Labute approximate surface area is 177 Å². The second-order valence-electron chi connectivity index (χ2n) is 6.09. The summed E-state index contributed by atoms with van der Waals surface area (Å²) in [5.41, 5.74) is -1.52. The Morgan fingerprint density at radius 3 is 2.23 bits per heavy atom. The smallest absolute Gasteiger partial charge is 0.418 e. The van der Waals surface area contributed by atoms with Crippen molar-refractivity contribution in [3.05, 3.63) is 53.1 Å². The molecule has 2 aromatic carbocycles. The second kappa shape index (κ2) is 9.67. The molecule has 0 spiro atoms. The fraction of sp³-hybridized carbons (Fsp3) is 0.316. The molecule has 1 amide bonds. The van der Waals surface area contributed by atoms with Crippen molar-refractivity contribution in [3.63, 3.8) is 0 Å². The van der Waals surface area contributed by atoms with E-state index < -0.39 is 40.0 Å². The Morgan fingerprint density at radius 1 is 1.10 bits per heavy atom. The molecule has 0 heterocycles. The number of anilines is 1. The van der Waals surface area contributed by atoms with Gasteiger partial charge in [0.25, 0.3) is 5.91 Å². The minimum absolute atomic E-state index is 0.0685. The van der Waals surface area contributed by atoms with Crippen LogP contribution in [0.15, 0.2) is 47.4 Å². The van der Waals surface area contributed by atoms with Gasteiger partial charge in [-0.15, -0.1) is 0 Å². The molecule has 0 bridgehead atoms. The summed E-state index contributed by atoms with van der Waals surface area (Å²) in [5, 5.41) is 2.02. The summed E-state index contributed by atoms with van der Waals surface area (Å²) in [6.45, 7) is 3.52. The van der Waals surface area contributed by atoms with Crippen molar-refractivity contribution in [1.82, 2.24) is 4.31 Å². The highest BCUT2D eigenvalue weighted by Crippen LogP contribution is 2.36. The maximum atomic E-state index is 13.1. The Balaban J connectivity index is 2.04. The van der Waals surface area contributed by atoms with Crippen LogP contribution < -0.4 is 10.1 Å². The summed E-state index contributed by atoms with van der Waals surface area (Å²) in [6.07, 6.45) is -4.69. The first-order chi connectivity index (χ1) is 14.0. The van der Waals surface area contributed by atoms with E-state index in [4.69, 9.17) is 16.3 Å². The fourth-order valence-electron chi connectivity index (χ4n) is 2.62.